The third kappa shape index (κ3) is 8.78. The molecule has 0 heterocycles. The molecule has 0 aromatic rings. The molecule has 0 aliphatic heterocycles. The quantitative estimate of drug-likeness (QED) is 0.206. The third-order valence-corrected chi connectivity index (χ3v) is 9.44. The van der Waals surface area contributed by atoms with Gasteiger partial charge in [0.15, 0.2) is 0 Å². The first-order valence-corrected chi connectivity index (χ1v) is 15.6. The molecule has 0 bridgehead atoms. The van der Waals surface area contributed by atoms with Gasteiger partial charge < -0.3 is 0 Å². The Balaban J connectivity index is 1.68. The Morgan fingerprint density at radius 2 is 1.24 bits per heavy atom. The van der Waals surface area contributed by atoms with Crippen LogP contribution in [0.25, 0.3) is 0 Å². The minimum atomic E-state index is -0.323. The first kappa shape index (κ1) is 32.6. The Labute approximate surface area is 251 Å². The van der Waals surface area contributed by atoms with E-state index in [4.69, 9.17) is 0 Å². The fourth-order valence-corrected chi connectivity index (χ4v) is 6.71. The van der Waals surface area contributed by atoms with Crippen LogP contribution in [0.1, 0.15) is 107 Å². The van der Waals surface area contributed by atoms with E-state index in [2.05, 4.69) is 129 Å². The highest BCUT2D eigenvalue weighted by Gasteiger charge is 2.29. The van der Waals surface area contributed by atoms with Crippen LogP contribution < -0.4 is 0 Å². The van der Waals surface area contributed by atoms with Gasteiger partial charge in [-0.05, 0) is 100 Å². The van der Waals surface area contributed by atoms with E-state index >= 15 is 0 Å². The fraction of sp³-hybridized carbons (Fsp3) is 0.475. The maximum atomic E-state index is 11.9. The van der Waals surface area contributed by atoms with Crippen LogP contribution in [-0.4, -0.2) is 6.29 Å². The molecule has 0 spiro atoms. The highest BCUT2D eigenvalue weighted by atomic mass is 16.1. The third-order valence-electron chi connectivity index (χ3n) is 9.44. The van der Waals surface area contributed by atoms with Gasteiger partial charge in [0, 0.05) is 11.0 Å². The first-order valence-electron chi connectivity index (χ1n) is 15.6. The summed E-state index contributed by atoms with van der Waals surface area (Å²) in [7, 11) is 0. The van der Waals surface area contributed by atoms with Gasteiger partial charge in [0.2, 0.25) is 0 Å². The highest BCUT2D eigenvalue weighted by Crippen LogP contribution is 2.42. The zero-order valence-electron chi connectivity index (χ0n) is 27.4. The van der Waals surface area contributed by atoms with Crippen molar-refractivity contribution in [3.63, 3.8) is 0 Å². The Morgan fingerprint density at radius 1 is 0.732 bits per heavy atom. The van der Waals surface area contributed by atoms with Crippen LogP contribution in [0, 0.1) is 16.2 Å². The number of carbonyl (C=O) groups excluding carboxylic acids is 1. The summed E-state index contributed by atoms with van der Waals surface area (Å²) in [6.07, 6.45) is 35.5. The second-order valence-corrected chi connectivity index (χ2v) is 14.1. The molecule has 1 heteroatoms. The number of carbonyl (C=O) groups is 1. The highest BCUT2D eigenvalue weighted by molar-refractivity contribution is 5.78. The summed E-state index contributed by atoms with van der Waals surface area (Å²) in [5, 5.41) is 0. The van der Waals surface area contributed by atoms with Crippen molar-refractivity contribution in [1.82, 2.24) is 0 Å². The topological polar surface area (TPSA) is 17.1 Å². The van der Waals surface area contributed by atoms with Crippen LogP contribution in [0.5, 0.6) is 0 Å². The van der Waals surface area contributed by atoms with E-state index in [9.17, 15) is 4.79 Å². The molecule has 0 radical (unpaired) electrons. The van der Waals surface area contributed by atoms with Crippen molar-refractivity contribution in [3.05, 3.63) is 117 Å². The van der Waals surface area contributed by atoms with Crippen LogP contribution in [-0.2, 0) is 4.79 Å². The number of aldehydes is 1. The summed E-state index contributed by atoms with van der Waals surface area (Å²) in [6, 6.07) is 0. The fourth-order valence-electron chi connectivity index (χ4n) is 6.71. The Kier molecular flexibility index (Phi) is 11.0. The molecule has 0 amide bonds. The first-order chi connectivity index (χ1) is 19.3. The van der Waals surface area contributed by atoms with E-state index in [1.807, 2.05) is 6.08 Å². The van der Waals surface area contributed by atoms with Crippen molar-refractivity contribution >= 4 is 6.29 Å². The molecule has 1 atom stereocenters. The minimum absolute atomic E-state index is 0.247. The summed E-state index contributed by atoms with van der Waals surface area (Å²) >= 11 is 0. The van der Waals surface area contributed by atoms with Gasteiger partial charge in [-0.2, -0.15) is 0 Å². The summed E-state index contributed by atoms with van der Waals surface area (Å²) in [5.41, 5.74) is 10.7. The maximum Gasteiger partial charge on any atom is 0.146 e. The molecule has 0 saturated heterocycles. The average molecular weight is 551 g/mol. The molecule has 0 N–H and O–H groups in total. The Morgan fingerprint density at radius 3 is 1.73 bits per heavy atom. The molecule has 1 nitrogen and oxygen atoms in total. The van der Waals surface area contributed by atoms with Crippen LogP contribution in [0.2, 0.25) is 0 Å². The lowest BCUT2D eigenvalue weighted by atomic mass is 9.72. The van der Waals surface area contributed by atoms with Crippen LogP contribution in [0.3, 0.4) is 0 Å². The van der Waals surface area contributed by atoms with E-state index < -0.39 is 0 Å². The van der Waals surface area contributed by atoms with Gasteiger partial charge in [-0.3, -0.25) is 4.79 Å². The normalized spacial score (nSPS) is 26.1. The van der Waals surface area contributed by atoms with Crippen molar-refractivity contribution in [3.8, 4) is 0 Å². The molecule has 41 heavy (non-hydrogen) atoms. The van der Waals surface area contributed by atoms with Crippen molar-refractivity contribution in [1.29, 1.82) is 0 Å². The lowest BCUT2D eigenvalue weighted by molar-refractivity contribution is -0.105. The standard InChI is InChI=1S/C40H54O/c1-30(19-23-36-32(3)16-12-25-38(36,5)6)14-10-18-34-21-22-35(29-41)40(9,28-34)27-11-15-31(2)20-24-37-33(4)17-13-26-39(37,7)8/h10-11,14-15,18-24,27,29H,12-13,16-17,25-26,28H2,1-9H3/b18-10+,23-19+,24-20+,27-11+,30-14+,31-15+/t40-/m1/s1. The molecular formula is C40H54O. The molecule has 0 saturated carbocycles. The van der Waals surface area contributed by atoms with Gasteiger partial charge in [-0.15, -0.1) is 0 Å². The smallest absolute Gasteiger partial charge is 0.146 e. The van der Waals surface area contributed by atoms with Crippen LogP contribution in [0.4, 0.5) is 0 Å². The zero-order valence-corrected chi connectivity index (χ0v) is 27.4. The molecule has 3 aliphatic rings. The maximum absolute atomic E-state index is 11.9. The lowest BCUT2D eigenvalue weighted by Crippen LogP contribution is -2.20. The van der Waals surface area contributed by atoms with E-state index in [1.165, 1.54) is 77.5 Å². The van der Waals surface area contributed by atoms with Gasteiger partial charge in [0.05, 0.1) is 0 Å². The van der Waals surface area contributed by atoms with Crippen molar-refractivity contribution in [2.24, 2.45) is 16.2 Å². The van der Waals surface area contributed by atoms with Gasteiger partial charge in [0.1, 0.15) is 6.29 Å². The zero-order chi connectivity index (χ0) is 30.3. The van der Waals surface area contributed by atoms with Gasteiger partial charge in [-0.25, -0.2) is 0 Å². The molecule has 3 aliphatic carbocycles. The largest absolute Gasteiger partial charge is 0.298 e. The van der Waals surface area contributed by atoms with Gasteiger partial charge in [-0.1, -0.05) is 130 Å². The number of allylic oxidation sites excluding steroid dienone is 20. The average Bonchev–Trinajstić information content (AvgIpc) is 2.87. The molecule has 0 aromatic carbocycles. The van der Waals surface area contributed by atoms with Crippen molar-refractivity contribution in [2.75, 3.05) is 0 Å². The lowest BCUT2D eigenvalue weighted by Gasteiger charge is -2.33. The summed E-state index contributed by atoms with van der Waals surface area (Å²) in [4.78, 5) is 11.9. The molecule has 0 unspecified atom stereocenters. The molecular weight excluding hydrogens is 496 g/mol. The van der Waals surface area contributed by atoms with Crippen molar-refractivity contribution in [2.45, 2.75) is 107 Å². The summed E-state index contributed by atoms with van der Waals surface area (Å²) < 4.78 is 0. The van der Waals surface area contributed by atoms with E-state index in [0.717, 1.165) is 18.3 Å². The summed E-state index contributed by atoms with van der Waals surface area (Å²) in [6.45, 7) is 20.5. The predicted octanol–water partition coefficient (Wildman–Crippen LogP) is 11.6. The van der Waals surface area contributed by atoms with Crippen LogP contribution >= 0.6 is 0 Å². The second-order valence-electron chi connectivity index (χ2n) is 14.1. The van der Waals surface area contributed by atoms with Crippen molar-refractivity contribution < 1.29 is 4.79 Å². The molecule has 0 fully saturated rings. The van der Waals surface area contributed by atoms with Gasteiger partial charge in [0.25, 0.3) is 0 Å². The SMILES string of the molecule is CC1=C(/C=C/C(C)=C/C=C/C2=CC=C(C=O)[C@](C)(/C=C/C=C(C)/C=C/C3=C(C)CCCC3(C)C)C2)C(C)(C)CCC1. The summed E-state index contributed by atoms with van der Waals surface area (Å²) in [5.74, 6) is 0. The van der Waals surface area contributed by atoms with E-state index in [0.29, 0.717) is 0 Å². The van der Waals surface area contributed by atoms with Crippen LogP contribution in [0.15, 0.2) is 117 Å². The van der Waals surface area contributed by atoms with E-state index in [1.54, 1.807) is 0 Å². The predicted molar refractivity (Wildman–Crippen MR) is 180 cm³/mol. The Bertz CT molecular complexity index is 1300. The van der Waals surface area contributed by atoms with Gasteiger partial charge >= 0.3 is 0 Å². The number of hydrogen-bond donors (Lipinski definition) is 0. The Hall–Kier alpha value is -2.93. The molecule has 0 aromatic heterocycles. The minimum Gasteiger partial charge on any atom is -0.298 e. The number of hydrogen-bond acceptors (Lipinski definition) is 1. The monoisotopic (exact) mass is 550 g/mol. The second kappa shape index (κ2) is 13.8. The molecule has 3 rings (SSSR count). The number of rotatable bonds is 9. The van der Waals surface area contributed by atoms with E-state index in [-0.39, 0.29) is 16.2 Å². The molecule has 220 valence electrons.